The van der Waals surface area contributed by atoms with Gasteiger partial charge in [-0.25, -0.2) is 0 Å². The van der Waals surface area contributed by atoms with Crippen LogP contribution in [-0.4, -0.2) is 9.38 Å². The highest BCUT2D eigenvalue weighted by Crippen LogP contribution is 2.43. The van der Waals surface area contributed by atoms with Crippen molar-refractivity contribution in [3.63, 3.8) is 0 Å². The van der Waals surface area contributed by atoms with Crippen LogP contribution in [0.25, 0.3) is 59.8 Å². The fourth-order valence-electron chi connectivity index (χ4n) is 7.09. The summed E-state index contributed by atoms with van der Waals surface area (Å²) in [7, 11) is 0. The Hall–Kier alpha value is -3.65. The fourth-order valence-corrected chi connectivity index (χ4v) is 7.09. The minimum absolute atomic E-state index is 0.844. The van der Waals surface area contributed by atoms with E-state index >= 15 is 0 Å². The van der Waals surface area contributed by atoms with Gasteiger partial charge in [0.1, 0.15) is 0 Å². The van der Waals surface area contributed by atoms with Gasteiger partial charge in [-0.05, 0) is 71.7 Å². The molecule has 7 aromatic rings. The van der Waals surface area contributed by atoms with Gasteiger partial charge in [0.15, 0.2) is 0 Å². The van der Waals surface area contributed by atoms with Gasteiger partial charge < -0.3 is 4.40 Å². The molecule has 2 nitrogen and oxygen atoms in total. The summed E-state index contributed by atoms with van der Waals surface area (Å²) in [5.74, 6) is 0.844. The Morgan fingerprint density at radius 3 is 2.49 bits per heavy atom. The summed E-state index contributed by atoms with van der Waals surface area (Å²) in [6.45, 7) is 4.47. The third kappa shape index (κ3) is 2.63. The molecule has 1 saturated carbocycles. The molecule has 1 fully saturated rings. The number of hydrogen-bond donors (Lipinski definition) is 0. The van der Waals surface area contributed by atoms with E-state index in [1.165, 1.54) is 103 Å². The Morgan fingerprint density at radius 2 is 1.60 bits per heavy atom. The molecule has 0 radical (unpaired) electrons. The number of fused-ring (bicyclic) bond motifs is 7. The molecule has 3 heterocycles. The van der Waals surface area contributed by atoms with Crippen LogP contribution in [0.1, 0.15) is 42.4 Å². The number of hydrogen-bond acceptors (Lipinski definition) is 1. The van der Waals surface area contributed by atoms with E-state index in [9.17, 15) is 0 Å². The quantitative estimate of drug-likeness (QED) is 0.189. The lowest BCUT2D eigenvalue weighted by Gasteiger charge is -2.16. The summed E-state index contributed by atoms with van der Waals surface area (Å²) in [5.41, 5.74) is 9.20. The van der Waals surface area contributed by atoms with Gasteiger partial charge in [-0.15, -0.1) is 0 Å². The molecule has 1 aliphatic rings. The molecule has 1 aliphatic carbocycles. The van der Waals surface area contributed by atoms with Gasteiger partial charge in [0, 0.05) is 27.7 Å². The van der Waals surface area contributed by atoms with E-state index in [0.29, 0.717) is 0 Å². The second-order valence-electron chi connectivity index (χ2n) is 10.9. The van der Waals surface area contributed by atoms with Gasteiger partial charge in [0.05, 0.1) is 22.1 Å². The number of rotatable bonds is 2. The molecule has 0 saturated heterocycles. The van der Waals surface area contributed by atoms with Crippen molar-refractivity contribution in [3.8, 4) is 0 Å². The molecule has 8 rings (SSSR count). The van der Waals surface area contributed by atoms with Crippen LogP contribution in [-0.2, 0) is 6.42 Å². The lowest BCUT2D eigenvalue weighted by molar-refractivity contribution is 0.547. The predicted octanol–water partition coefficient (Wildman–Crippen LogP) is 8.89. The van der Waals surface area contributed by atoms with Gasteiger partial charge in [-0.1, -0.05) is 73.7 Å². The summed E-state index contributed by atoms with van der Waals surface area (Å²) >= 11 is 0. The Kier molecular flexibility index (Phi) is 3.90. The zero-order chi connectivity index (χ0) is 23.3. The normalized spacial score (nSPS) is 15.3. The van der Waals surface area contributed by atoms with Crippen molar-refractivity contribution in [1.29, 1.82) is 0 Å². The number of pyridine rings is 2. The van der Waals surface area contributed by atoms with Crippen molar-refractivity contribution in [2.24, 2.45) is 5.92 Å². The second-order valence-corrected chi connectivity index (χ2v) is 10.9. The summed E-state index contributed by atoms with van der Waals surface area (Å²) in [6, 6.07) is 23.2. The lowest BCUT2D eigenvalue weighted by Crippen LogP contribution is -1.99. The zero-order valence-corrected chi connectivity index (χ0v) is 20.4. The molecule has 3 aromatic heterocycles. The van der Waals surface area contributed by atoms with Crippen LogP contribution < -0.4 is 0 Å². The average Bonchev–Trinajstić information content (AvgIpc) is 3.49. The second kappa shape index (κ2) is 6.95. The van der Waals surface area contributed by atoms with Crippen molar-refractivity contribution in [1.82, 2.24) is 9.38 Å². The first-order valence-corrected chi connectivity index (χ1v) is 13.1. The van der Waals surface area contributed by atoms with E-state index in [0.717, 1.165) is 11.4 Å². The van der Waals surface area contributed by atoms with Crippen molar-refractivity contribution in [2.45, 2.75) is 46.0 Å². The number of aromatic nitrogens is 2. The molecule has 0 bridgehead atoms. The largest absolute Gasteiger partial charge is 0.308 e. The van der Waals surface area contributed by atoms with Gasteiger partial charge >= 0.3 is 0 Å². The van der Waals surface area contributed by atoms with Crippen molar-refractivity contribution >= 4 is 59.8 Å². The summed E-state index contributed by atoms with van der Waals surface area (Å²) in [4.78, 5) is 4.97. The van der Waals surface area contributed by atoms with Gasteiger partial charge in [0.25, 0.3) is 0 Å². The van der Waals surface area contributed by atoms with Crippen molar-refractivity contribution in [3.05, 3.63) is 83.6 Å². The van der Waals surface area contributed by atoms with E-state index < -0.39 is 0 Å². The maximum absolute atomic E-state index is 4.97. The molecule has 4 aromatic carbocycles. The van der Waals surface area contributed by atoms with Gasteiger partial charge in [-0.3, -0.25) is 4.98 Å². The van der Waals surface area contributed by atoms with Gasteiger partial charge in [0.2, 0.25) is 0 Å². The first-order chi connectivity index (χ1) is 17.2. The van der Waals surface area contributed by atoms with Crippen LogP contribution in [0.4, 0.5) is 0 Å². The fraction of sp³-hybridized carbons (Fsp3) is 0.242. The molecular weight excluding hydrogens is 424 g/mol. The third-order valence-electron chi connectivity index (χ3n) is 8.72. The van der Waals surface area contributed by atoms with Gasteiger partial charge in [-0.2, -0.15) is 0 Å². The summed E-state index contributed by atoms with van der Waals surface area (Å²) in [6.07, 6.45) is 8.74. The minimum Gasteiger partial charge on any atom is -0.308 e. The van der Waals surface area contributed by atoms with E-state index in [-0.39, 0.29) is 0 Å². The Balaban J connectivity index is 1.60. The number of nitrogens with zero attached hydrogens (tertiary/aromatic N) is 2. The van der Waals surface area contributed by atoms with Crippen molar-refractivity contribution in [2.75, 3.05) is 0 Å². The topological polar surface area (TPSA) is 17.3 Å². The maximum Gasteiger partial charge on any atom is 0.0823 e. The standard InChI is InChI=1S/C33H28N2/c1-19-7-10-25-20(2)32-28(18-24(25)15-19)31-30-23(13-14-34-31)9-12-27-26-11-8-22(16-21-5-3-4-6-21)17-29(26)35(32)33(27)30/h7-15,17-18,21H,3-6,16H2,1-2H3. The number of aryl methyl sites for hydroxylation is 2. The highest BCUT2D eigenvalue weighted by Gasteiger charge is 2.22. The maximum atomic E-state index is 4.97. The Bertz CT molecular complexity index is 1950. The molecule has 0 spiro atoms. The third-order valence-corrected chi connectivity index (χ3v) is 8.72. The first kappa shape index (κ1) is 19.6. The van der Waals surface area contributed by atoms with Crippen LogP contribution in [0.15, 0.2) is 66.9 Å². The average molecular weight is 453 g/mol. The molecular formula is C33H28N2. The van der Waals surface area contributed by atoms with E-state index in [2.05, 4.69) is 78.9 Å². The molecule has 0 aliphatic heterocycles. The molecule has 35 heavy (non-hydrogen) atoms. The predicted molar refractivity (Wildman–Crippen MR) is 149 cm³/mol. The molecule has 170 valence electrons. The Labute approximate surface area is 204 Å². The first-order valence-electron chi connectivity index (χ1n) is 13.1. The Morgan fingerprint density at radius 1 is 0.771 bits per heavy atom. The van der Waals surface area contributed by atoms with Crippen LogP contribution in [0.2, 0.25) is 0 Å². The van der Waals surface area contributed by atoms with E-state index in [4.69, 9.17) is 4.98 Å². The van der Waals surface area contributed by atoms with Crippen molar-refractivity contribution < 1.29 is 0 Å². The smallest absolute Gasteiger partial charge is 0.0823 e. The lowest BCUT2D eigenvalue weighted by atomic mass is 9.96. The highest BCUT2D eigenvalue weighted by atomic mass is 14.9. The van der Waals surface area contributed by atoms with Crippen LogP contribution in [0.3, 0.4) is 0 Å². The van der Waals surface area contributed by atoms with Crippen LogP contribution >= 0.6 is 0 Å². The van der Waals surface area contributed by atoms with Crippen LogP contribution in [0.5, 0.6) is 0 Å². The van der Waals surface area contributed by atoms with E-state index in [1.807, 2.05) is 6.20 Å². The zero-order valence-electron chi connectivity index (χ0n) is 20.4. The SMILES string of the molecule is Cc1ccc2c(C)c3c(cc2c1)c1nccc2ccc4c5ccc(CC6CCCC6)cc5n3c4c21. The number of benzene rings is 4. The molecule has 0 atom stereocenters. The summed E-state index contributed by atoms with van der Waals surface area (Å²) in [5, 5.41) is 9.13. The summed E-state index contributed by atoms with van der Waals surface area (Å²) < 4.78 is 2.57. The molecule has 2 heteroatoms. The molecule has 0 unspecified atom stereocenters. The van der Waals surface area contributed by atoms with Crippen LogP contribution in [0, 0.1) is 19.8 Å². The molecule has 0 N–H and O–H groups in total. The highest BCUT2D eigenvalue weighted by molar-refractivity contribution is 6.28. The minimum atomic E-state index is 0.844. The monoisotopic (exact) mass is 452 g/mol. The van der Waals surface area contributed by atoms with E-state index in [1.54, 1.807) is 0 Å². The molecule has 0 amide bonds.